The number of rotatable bonds is 3. The van der Waals surface area contributed by atoms with E-state index in [1.165, 1.54) is 24.4 Å². The van der Waals surface area contributed by atoms with Crippen molar-refractivity contribution in [3.05, 3.63) is 59.9 Å². The van der Waals surface area contributed by atoms with Crippen molar-refractivity contribution in [2.24, 2.45) is 5.10 Å². The molecule has 3 nitrogen and oxygen atoms in total. The summed E-state index contributed by atoms with van der Waals surface area (Å²) in [6.45, 7) is 0. The number of nitrogens with zero attached hydrogens (tertiary/aromatic N) is 2. The molecular weight excluding hydrogens is 255 g/mol. The van der Waals surface area contributed by atoms with Gasteiger partial charge >= 0.3 is 6.18 Å². The fourth-order valence-electron chi connectivity index (χ4n) is 1.45. The smallest absolute Gasteiger partial charge is 0.278 e. The van der Waals surface area contributed by atoms with E-state index in [0.29, 0.717) is 5.69 Å². The van der Waals surface area contributed by atoms with Crippen molar-refractivity contribution in [2.45, 2.75) is 6.18 Å². The van der Waals surface area contributed by atoms with Crippen LogP contribution in [0.25, 0.3) is 0 Å². The summed E-state index contributed by atoms with van der Waals surface area (Å²) >= 11 is 0. The predicted octanol–water partition coefficient (Wildman–Crippen LogP) is 3.55. The minimum Gasteiger partial charge on any atom is -0.278 e. The zero-order valence-electron chi connectivity index (χ0n) is 9.72. The van der Waals surface area contributed by atoms with E-state index >= 15 is 0 Å². The molecule has 1 N–H and O–H groups in total. The highest BCUT2D eigenvalue weighted by atomic mass is 19.4. The number of hydrogen-bond acceptors (Lipinski definition) is 3. The number of hydrazone groups is 1. The van der Waals surface area contributed by atoms with Crippen LogP contribution in [0.4, 0.5) is 18.9 Å². The van der Waals surface area contributed by atoms with Crippen molar-refractivity contribution in [2.75, 3.05) is 5.43 Å². The maximum absolute atomic E-state index is 12.7. The first-order valence-corrected chi connectivity index (χ1v) is 5.44. The quantitative estimate of drug-likeness (QED) is 0.680. The van der Waals surface area contributed by atoms with E-state index in [1.807, 2.05) is 0 Å². The van der Waals surface area contributed by atoms with Crippen molar-refractivity contribution in [1.29, 1.82) is 0 Å². The zero-order valence-corrected chi connectivity index (χ0v) is 9.72. The van der Waals surface area contributed by atoms with Crippen molar-refractivity contribution < 1.29 is 13.2 Å². The van der Waals surface area contributed by atoms with Crippen LogP contribution in [0.5, 0.6) is 0 Å². The molecule has 1 aromatic carbocycles. The summed E-state index contributed by atoms with van der Waals surface area (Å²) in [5.41, 5.74) is 2.08. The highest BCUT2D eigenvalue weighted by molar-refractivity contribution is 5.77. The molecule has 19 heavy (non-hydrogen) atoms. The van der Waals surface area contributed by atoms with Crippen molar-refractivity contribution >= 4 is 11.9 Å². The maximum atomic E-state index is 12.7. The normalized spacial score (nSPS) is 11.7. The molecule has 1 heterocycles. The van der Waals surface area contributed by atoms with Gasteiger partial charge in [-0.2, -0.15) is 18.3 Å². The third kappa shape index (κ3) is 3.54. The number of alkyl halides is 3. The summed E-state index contributed by atoms with van der Waals surface area (Å²) < 4.78 is 38.1. The van der Waals surface area contributed by atoms with Crippen LogP contribution in [-0.2, 0) is 6.18 Å². The highest BCUT2D eigenvalue weighted by Gasteiger charge is 2.33. The van der Waals surface area contributed by atoms with E-state index in [4.69, 9.17) is 0 Å². The third-order valence-corrected chi connectivity index (χ3v) is 2.30. The summed E-state index contributed by atoms with van der Waals surface area (Å²) in [5, 5.41) is 3.75. The second-order valence-corrected chi connectivity index (χ2v) is 3.67. The zero-order chi connectivity index (χ0) is 13.7. The number of aromatic nitrogens is 1. The Hall–Kier alpha value is -2.37. The Labute approximate surface area is 107 Å². The van der Waals surface area contributed by atoms with Crippen molar-refractivity contribution in [3.63, 3.8) is 0 Å². The monoisotopic (exact) mass is 265 g/mol. The topological polar surface area (TPSA) is 37.3 Å². The number of nitrogens with one attached hydrogen (secondary N) is 1. The number of anilines is 1. The summed E-state index contributed by atoms with van der Waals surface area (Å²) in [7, 11) is 0. The van der Waals surface area contributed by atoms with E-state index in [1.54, 1.807) is 24.4 Å². The third-order valence-electron chi connectivity index (χ3n) is 2.30. The maximum Gasteiger partial charge on any atom is 0.418 e. The van der Waals surface area contributed by atoms with Crippen LogP contribution < -0.4 is 5.43 Å². The second-order valence-electron chi connectivity index (χ2n) is 3.67. The van der Waals surface area contributed by atoms with E-state index in [9.17, 15) is 13.2 Å². The summed E-state index contributed by atoms with van der Waals surface area (Å²) in [4.78, 5) is 3.97. The summed E-state index contributed by atoms with van der Waals surface area (Å²) in [5.74, 6) is 0. The Balaban J connectivity index is 2.14. The van der Waals surface area contributed by atoms with Gasteiger partial charge in [0.1, 0.15) is 0 Å². The van der Waals surface area contributed by atoms with Gasteiger partial charge in [0.05, 0.1) is 23.2 Å². The molecule has 0 spiro atoms. The van der Waals surface area contributed by atoms with Crippen LogP contribution in [-0.4, -0.2) is 11.2 Å². The number of halogens is 3. The molecule has 0 unspecified atom stereocenters. The lowest BCUT2D eigenvalue weighted by atomic mass is 10.2. The van der Waals surface area contributed by atoms with Gasteiger partial charge in [0.15, 0.2) is 0 Å². The molecular formula is C13H10F3N3. The number of pyridine rings is 1. The lowest BCUT2D eigenvalue weighted by molar-refractivity contribution is -0.136. The molecule has 0 aliphatic carbocycles. The fourth-order valence-corrected chi connectivity index (χ4v) is 1.45. The number of hydrogen-bond donors (Lipinski definition) is 1. The van der Waals surface area contributed by atoms with Crippen molar-refractivity contribution in [1.82, 2.24) is 4.98 Å². The summed E-state index contributed by atoms with van der Waals surface area (Å²) in [6.07, 6.45) is -1.48. The minimum atomic E-state index is -4.41. The molecule has 0 atom stereocenters. The Morgan fingerprint density at radius 2 is 1.79 bits per heavy atom. The molecule has 0 aliphatic rings. The first-order valence-electron chi connectivity index (χ1n) is 5.44. The molecule has 2 rings (SSSR count). The molecule has 0 aliphatic heterocycles. The molecule has 1 aromatic heterocycles. The van der Waals surface area contributed by atoms with Crippen LogP contribution >= 0.6 is 0 Å². The predicted molar refractivity (Wildman–Crippen MR) is 66.9 cm³/mol. The summed E-state index contributed by atoms with van der Waals surface area (Å²) in [6, 6.07) is 10.4. The number of benzene rings is 1. The molecule has 0 saturated carbocycles. The van der Waals surface area contributed by atoms with E-state index in [2.05, 4.69) is 15.5 Å². The molecule has 0 amide bonds. The lowest BCUT2D eigenvalue weighted by Gasteiger charge is -2.11. The van der Waals surface area contributed by atoms with Gasteiger partial charge in [-0.05, 0) is 24.3 Å². The lowest BCUT2D eigenvalue weighted by Crippen LogP contribution is -2.08. The average Bonchev–Trinajstić information content (AvgIpc) is 2.39. The van der Waals surface area contributed by atoms with Gasteiger partial charge in [0, 0.05) is 6.20 Å². The molecule has 0 saturated heterocycles. The molecule has 6 heteroatoms. The average molecular weight is 265 g/mol. The molecule has 0 fully saturated rings. The van der Waals surface area contributed by atoms with E-state index in [-0.39, 0.29) is 5.69 Å². The molecule has 0 radical (unpaired) electrons. The first kappa shape index (κ1) is 13.1. The molecule has 98 valence electrons. The van der Waals surface area contributed by atoms with Gasteiger partial charge in [-0.15, -0.1) is 0 Å². The van der Waals surface area contributed by atoms with Gasteiger partial charge in [-0.1, -0.05) is 18.2 Å². The Morgan fingerprint density at radius 3 is 2.47 bits per heavy atom. The largest absolute Gasteiger partial charge is 0.418 e. The van der Waals surface area contributed by atoms with Gasteiger partial charge < -0.3 is 0 Å². The Kier molecular flexibility index (Phi) is 3.79. The standard InChI is InChI=1S/C13H10F3N3/c14-13(15,16)11-6-1-2-7-12(11)19-18-9-10-5-3-4-8-17-10/h1-9,19H/b18-9-. The number of para-hydroxylation sites is 1. The highest BCUT2D eigenvalue weighted by Crippen LogP contribution is 2.34. The van der Waals surface area contributed by atoms with Crippen LogP contribution in [0.15, 0.2) is 53.8 Å². The van der Waals surface area contributed by atoms with E-state index < -0.39 is 11.7 Å². The van der Waals surface area contributed by atoms with E-state index in [0.717, 1.165) is 6.07 Å². The SMILES string of the molecule is FC(F)(F)c1ccccc1N/N=C\c1ccccn1. The van der Waals surface area contributed by atoms with Gasteiger partial charge in [-0.25, -0.2) is 0 Å². The Morgan fingerprint density at radius 1 is 1.05 bits per heavy atom. The van der Waals surface area contributed by atoms with Crippen LogP contribution in [0.3, 0.4) is 0 Å². The molecule has 0 bridgehead atoms. The van der Waals surface area contributed by atoms with Crippen LogP contribution in [0, 0.1) is 0 Å². The van der Waals surface area contributed by atoms with Crippen LogP contribution in [0.2, 0.25) is 0 Å². The van der Waals surface area contributed by atoms with Gasteiger partial charge in [0.2, 0.25) is 0 Å². The first-order chi connectivity index (χ1) is 9.07. The minimum absolute atomic E-state index is 0.0952. The van der Waals surface area contributed by atoms with Gasteiger partial charge in [-0.3, -0.25) is 10.4 Å². The van der Waals surface area contributed by atoms with Gasteiger partial charge in [0.25, 0.3) is 0 Å². The fraction of sp³-hybridized carbons (Fsp3) is 0.0769. The van der Waals surface area contributed by atoms with Crippen molar-refractivity contribution in [3.8, 4) is 0 Å². The second kappa shape index (κ2) is 5.51. The Bertz CT molecular complexity index is 565. The molecule has 2 aromatic rings. The van der Waals surface area contributed by atoms with Crippen LogP contribution in [0.1, 0.15) is 11.3 Å².